The molecule has 0 aromatic carbocycles. The Bertz CT molecular complexity index is 318. The highest BCUT2D eigenvalue weighted by atomic mass is 16.1. The van der Waals surface area contributed by atoms with Crippen LogP contribution in [0, 0.1) is 5.92 Å². The van der Waals surface area contributed by atoms with E-state index in [1.54, 1.807) is 18.5 Å². The fourth-order valence-corrected chi connectivity index (χ4v) is 1.33. The molecule has 0 saturated carbocycles. The second-order valence-corrected chi connectivity index (χ2v) is 3.34. The molecule has 0 aliphatic carbocycles. The van der Waals surface area contributed by atoms with Crippen molar-refractivity contribution in [1.29, 1.82) is 0 Å². The van der Waals surface area contributed by atoms with E-state index in [9.17, 15) is 9.59 Å². The molecule has 0 aliphatic heterocycles. The maximum atomic E-state index is 11.1. The van der Waals surface area contributed by atoms with Crippen LogP contribution in [0.5, 0.6) is 0 Å². The molecule has 0 unspecified atom stereocenters. The third kappa shape index (κ3) is 2.76. The number of aromatic nitrogens is 1. The van der Waals surface area contributed by atoms with Crippen LogP contribution in [0.25, 0.3) is 0 Å². The molecule has 0 spiro atoms. The molecule has 0 amide bonds. The van der Waals surface area contributed by atoms with Crippen LogP contribution in [-0.4, -0.2) is 16.6 Å². The fourth-order valence-electron chi connectivity index (χ4n) is 1.33. The summed E-state index contributed by atoms with van der Waals surface area (Å²) in [6.45, 7) is 2.89. The number of carbonyl (C=O) groups excluding carboxylic acids is 2. The summed E-state index contributed by atoms with van der Waals surface area (Å²) < 4.78 is 0. The van der Waals surface area contributed by atoms with Gasteiger partial charge >= 0.3 is 0 Å². The molecule has 0 bridgehead atoms. The summed E-state index contributed by atoms with van der Waals surface area (Å²) in [4.78, 5) is 26.2. The summed E-state index contributed by atoms with van der Waals surface area (Å²) in [7, 11) is 0. The van der Waals surface area contributed by atoms with Gasteiger partial charge in [-0.05, 0) is 31.9 Å². The predicted octanol–water partition coefficient (Wildman–Crippen LogP) is 1.42. The molecule has 14 heavy (non-hydrogen) atoms. The minimum atomic E-state index is -0.515. The van der Waals surface area contributed by atoms with Crippen molar-refractivity contribution in [3.05, 3.63) is 30.1 Å². The van der Waals surface area contributed by atoms with Crippen molar-refractivity contribution in [3.8, 4) is 0 Å². The first-order valence-corrected chi connectivity index (χ1v) is 4.51. The van der Waals surface area contributed by atoms with Crippen LogP contribution in [0.4, 0.5) is 0 Å². The van der Waals surface area contributed by atoms with Gasteiger partial charge in [0.15, 0.2) is 0 Å². The van der Waals surface area contributed by atoms with Gasteiger partial charge in [0.1, 0.15) is 11.6 Å². The second kappa shape index (κ2) is 4.65. The normalized spacial score (nSPS) is 10.2. The summed E-state index contributed by atoms with van der Waals surface area (Å²) in [6, 6.07) is 3.67. The number of Topliss-reactive ketones (excluding diaryl/α,β-unsaturated/α-hetero) is 2. The molecule has 1 rings (SSSR count). The molecular weight excluding hydrogens is 178 g/mol. The van der Waals surface area contributed by atoms with Gasteiger partial charge in [0.05, 0.1) is 5.92 Å². The van der Waals surface area contributed by atoms with Crippen LogP contribution in [0.15, 0.2) is 24.5 Å². The molecule has 3 heteroatoms. The topological polar surface area (TPSA) is 47.0 Å². The second-order valence-electron chi connectivity index (χ2n) is 3.34. The van der Waals surface area contributed by atoms with E-state index in [0.29, 0.717) is 6.42 Å². The Morgan fingerprint density at radius 1 is 1.36 bits per heavy atom. The van der Waals surface area contributed by atoms with Crippen LogP contribution in [0.2, 0.25) is 0 Å². The van der Waals surface area contributed by atoms with E-state index >= 15 is 0 Å². The first kappa shape index (κ1) is 10.6. The molecule has 0 N–H and O–H groups in total. The molecule has 0 aliphatic rings. The predicted molar refractivity (Wildman–Crippen MR) is 52.8 cm³/mol. The summed E-state index contributed by atoms with van der Waals surface area (Å²) in [5.74, 6) is -0.679. The standard InChI is InChI=1S/C11H13NO2/c1-8(13)11(9(2)14)6-10-4-3-5-12-7-10/h3-5,7,11H,6H2,1-2H3. The van der Waals surface area contributed by atoms with Crippen LogP contribution in [0.1, 0.15) is 19.4 Å². The first-order chi connectivity index (χ1) is 6.61. The number of nitrogens with zero attached hydrogens (tertiary/aromatic N) is 1. The van der Waals surface area contributed by atoms with Crippen LogP contribution in [-0.2, 0) is 16.0 Å². The Balaban J connectivity index is 2.75. The van der Waals surface area contributed by atoms with E-state index < -0.39 is 5.92 Å². The van der Waals surface area contributed by atoms with Crippen molar-refractivity contribution in [2.45, 2.75) is 20.3 Å². The fraction of sp³-hybridized carbons (Fsp3) is 0.364. The highest BCUT2D eigenvalue weighted by Gasteiger charge is 2.19. The summed E-state index contributed by atoms with van der Waals surface area (Å²) in [5.41, 5.74) is 0.919. The van der Waals surface area contributed by atoms with E-state index in [-0.39, 0.29) is 11.6 Å². The Kier molecular flexibility index (Phi) is 3.51. The van der Waals surface area contributed by atoms with E-state index in [4.69, 9.17) is 0 Å². The van der Waals surface area contributed by atoms with Gasteiger partial charge in [-0.25, -0.2) is 0 Å². The van der Waals surface area contributed by atoms with E-state index in [1.165, 1.54) is 13.8 Å². The maximum Gasteiger partial charge on any atom is 0.140 e. The summed E-state index contributed by atoms with van der Waals surface area (Å²) in [6.07, 6.45) is 3.80. The van der Waals surface area contributed by atoms with Crippen LogP contribution in [0.3, 0.4) is 0 Å². The molecule has 74 valence electrons. The third-order valence-electron chi connectivity index (χ3n) is 2.14. The zero-order chi connectivity index (χ0) is 10.6. The van der Waals surface area contributed by atoms with Gasteiger partial charge in [-0.2, -0.15) is 0 Å². The smallest absolute Gasteiger partial charge is 0.140 e. The minimum absolute atomic E-state index is 0.0821. The molecular formula is C11H13NO2. The quantitative estimate of drug-likeness (QED) is 0.676. The Morgan fingerprint density at radius 2 is 2.00 bits per heavy atom. The highest BCUT2D eigenvalue weighted by molar-refractivity contribution is 6.00. The molecule has 3 nitrogen and oxygen atoms in total. The van der Waals surface area contributed by atoms with Crippen LogP contribution < -0.4 is 0 Å². The summed E-state index contributed by atoms with van der Waals surface area (Å²) >= 11 is 0. The molecule has 0 atom stereocenters. The largest absolute Gasteiger partial charge is 0.299 e. The molecule has 0 fully saturated rings. The Morgan fingerprint density at radius 3 is 2.43 bits per heavy atom. The third-order valence-corrected chi connectivity index (χ3v) is 2.14. The van der Waals surface area contributed by atoms with Gasteiger partial charge in [0, 0.05) is 12.4 Å². The number of hydrogen-bond donors (Lipinski definition) is 0. The van der Waals surface area contributed by atoms with Crippen LogP contribution >= 0.6 is 0 Å². The number of carbonyl (C=O) groups is 2. The van der Waals surface area contributed by atoms with Gasteiger partial charge in [-0.3, -0.25) is 14.6 Å². The van der Waals surface area contributed by atoms with E-state index in [2.05, 4.69) is 4.98 Å². The number of pyridine rings is 1. The van der Waals surface area contributed by atoms with Crippen molar-refractivity contribution in [2.75, 3.05) is 0 Å². The van der Waals surface area contributed by atoms with Crippen molar-refractivity contribution in [1.82, 2.24) is 4.98 Å². The average Bonchev–Trinajstić information content (AvgIpc) is 2.15. The monoisotopic (exact) mass is 191 g/mol. The molecule has 1 heterocycles. The molecule has 1 aromatic heterocycles. The van der Waals surface area contributed by atoms with Crippen molar-refractivity contribution >= 4 is 11.6 Å². The Hall–Kier alpha value is -1.51. The molecule has 0 radical (unpaired) electrons. The van der Waals surface area contributed by atoms with Crippen molar-refractivity contribution in [3.63, 3.8) is 0 Å². The van der Waals surface area contributed by atoms with E-state index in [1.807, 2.05) is 6.07 Å². The lowest BCUT2D eigenvalue weighted by Gasteiger charge is -2.09. The van der Waals surface area contributed by atoms with E-state index in [0.717, 1.165) is 5.56 Å². The molecule has 1 aromatic rings. The summed E-state index contributed by atoms with van der Waals surface area (Å²) in [5, 5.41) is 0. The van der Waals surface area contributed by atoms with Gasteiger partial charge in [0.25, 0.3) is 0 Å². The van der Waals surface area contributed by atoms with Crippen molar-refractivity contribution < 1.29 is 9.59 Å². The van der Waals surface area contributed by atoms with Gasteiger partial charge in [-0.15, -0.1) is 0 Å². The van der Waals surface area contributed by atoms with Gasteiger partial charge in [-0.1, -0.05) is 6.07 Å². The number of hydrogen-bond acceptors (Lipinski definition) is 3. The average molecular weight is 191 g/mol. The lowest BCUT2D eigenvalue weighted by Crippen LogP contribution is -2.21. The lowest BCUT2D eigenvalue weighted by molar-refractivity contribution is -0.130. The Labute approximate surface area is 83.2 Å². The number of ketones is 2. The van der Waals surface area contributed by atoms with Gasteiger partial charge in [0.2, 0.25) is 0 Å². The lowest BCUT2D eigenvalue weighted by atomic mass is 9.93. The zero-order valence-electron chi connectivity index (χ0n) is 8.36. The zero-order valence-corrected chi connectivity index (χ0v) is 8.36. The number of rotatable bonds is 4. The highest BCUT2D eigenvalue weighted by Crippen LogP contribution is 2.09. The van der Waals surface area contributed by atoms with Gasteiger partial charge < -0.3 is 0 Å². The van der Waals surface area contributed by atoms with Crippen molar-refractivity contribution in [2.24, 2.45) is 5.92 Å². The maximum absolute atomic E-state index is 11.1. The first-order valence-electron chi connectivity index (χ1n) is 4.51. The molecule has 0 saturated heterocycles. The SMILES string of the molecule is CC(=O)C(Cc1cccnc1)C(C)=O. The minimum Gasteiger partial charge on any atom is -0.299 e.